The Hall–Kier alpha value is -2.66. The van der Waals surface area contributed by atoms with Gasteiger partial charge in [0.1, 0.15) is 17.3 Å². The van der Waals surface area contributed by atoms with E-state index in [0.29, 0.717) is 30.2 Å². The molecule has 0 atom stereocenters. The summed E-state index contributed by atoms with van der Waals surface area (Å²) in [7, 11) is -7.66. The van der Waals surface area contributed by atoms with Crippen LogP contribution in [0.15, 0.2) is 64.4 Å². The quantitative estimate of drug-likeness (QED) is 0.375. The van der Waals surface area contributed by atoms with E-state index in [1.165, 1.54) is 29.4 Å². The molecule has 0 saturated heterocycles. The lowest BCUT2D eigenvalue weighted by atomic mass is 10.2. The molecule has 0 bridgehead atoms. The van der Waals surface area contributed by atoms with Crippen molar-refractivity contribution in [1.82, 2.24) is 4.31 Å². The Labute approximate surface area is 210 Å². The smallest absolute Gasteiger partial charge is 0.262 e. The van der Waals surface area contributed by atoms with Gasteiger partial charge in [-0.05, 0) is 79.6 Å². The van der Waals surface area contributed by atoms with E-state index in [1.807, 2.05) is 0 Å². The van der Waals surface area contributed by atoms with Crippen LogP contribution in [-0.2, 0) is 20.0 Å². The van der Waals surface area contributed by atoms with Crippen LogP contribution < -0.4 is 9.46 Å². The van der Waals surface area contributed by atoms with Gasteiger partial charge in [0.25, 0.3) is 10.0 Å². The van der Waals surface area contributed by atoms with Crippen molar-refractivity contribution in [3.63, 3.8) is 0 Å². The molecule has 188 valence electrons. The first-order valence-electron chi connectivity index (χ1n) is 10.8. The Balaban J connectivity index is 1.79. The molecule has 11 heteroatoms. The van der Waals surface area contributed by atoms with Crippen molar-refractivity contribution in [2.45, 2.75) is 37.5 Å². The molecule has 0 aromatic heterocycles. The van der Waals surface area contributed by atoms with Gasteiger partial charge in [-0.1, -0.05) is 25.4 Å². The minimum atomic E-state index is -4.08. The zero-order valence-corrected chi connectivity index (χ0v) is 22.1. The van der Waals surface area contributed by atoms with E-state index in [-0.39, 0.29) is 26.1 Å². The number of hydrogen-bond acceptors (Lipinski definition) is 5. The molecular formula is C24H26ClFN2O5S2. The number of ether oxygens (including phenoxy) is 1. The van der Waals surface area contributed by atoms with Crippen molar-refractivity contribution < 1.29 is 26.0 Å². The van der Waals surface area contributed by atoms with Gasteiger partial charge < -0.3 is 4.74 Å². The van der Waals surface area contributed by atoms with Crippen LogP contribution in [0.1, 0.15) is 25.0 Å². The van der Waals surface area contributed by atoms with Crippen LogP contribution in [0.25, 0.3) is 0 Å². The maximum Gasteiger partial charge on any atom is 0.262 e. The lowest BCUT2D eigenvalue weighted by molar-refractivity contribution is 0.445. The Bertz CT molecular complexity index is 1440. The highest BCUT2D eigenvalue weighted by Gasteiger charge is 2.22. The normalized spacial score (nSPS) is 12.1. The fourth-order valence-electron chi connectivity index (χ4n) is 3.46. The third-order valence-corrected chi connectivity index (χ3v) is 9.34. The molecule has 0 fully saturated rings. The van der Waals surface area contributed by atoms with Gasteiger partial charge in [-0.2, -0.15) is 4.31 Å². The second-order valence-corrected chi connectivity index (χ2v) is 11.8. The van der Waals surface area contributed by atoms with Crippen LogP contribution in [0.2, 0.25) is 5.02 Å². The van der Waals surface area contributed by atoms with Gasteiger partial charge in [-0.3, -0.25) is 4.72 Å². The fraction of sp³-hybridized carbons (Fsp3) is 0.250. The molecule has 35 heavy (non-hydrogen) atoms. The highest BCUT2D eigenvalue weighted by atomic mass is 35.5. The predicted molar refractivity (Wildman–Crippen MR) is 135 cm³/mol. The van der Waals surface area contributed by atoms with Crippen LogP contribution in [0.4, 0.5) is 10.1 Å². The van der Waals surface area contributed by atoms with E-state index in [1.54, 1.807) is 45.0 Å². The predicted octanol–water partition coefficient (Wildman–Crippen LogP) is 5.72. The minimum Gasteiger partial charge on any atom is -0.457 e. The molecular weight excluding hydrogens is 515 g/mol. The first-order valence-corrected chi connectivity index (χ1v) is 14.1. The van der Waals surface area contributed by atoms with Crippen LogP contribution >= 0.6 is 11.6 Å². The SMILES string of the molecule is CCN(CC)S(=O)(=O)c1ccc(Oc2ccc(NS(=O)(=O)c3cc(F)cc(Cl)c3C)cc2C)cc1. The molecule has 7 nitrogen and oxygen atoms in total. The van der Waals surface area contributed by atoms with Crippen molar-refractivity contribution in [2.24, 2.45) is 0 Å². The Morgan fingerprint density at radius 2 is 1.57 bits per heavy atom. The van der Waals surface area contributed by atoms with Crippen LogP contribution in [0.5, 0.6) is 11.5 Å². The summed E-state index contributed by atoms with van der Waals surface area (Å²) in [5, 5.41) is 0.0150. The summed E-state index contributed by atoms with van der Waals surface area (Å²) in [6.07, 6.45) is 0. The Morgan fingerprint density at radius 3 is 2.14 bits per heavy atom. The molecule has 0 unspecified atom stereocenters. The average molecular weight is 541 g/mol. The molecule has 0 amide bonds. The summed E-state index contributed by atoms with van der Waals surface area (Å²) >= 11 is 5.93. The summed E-state index contributed by atoms with van der Waals surface area (Å²) in [5.74, 6) is 0.124. The van der Waals surface area contributed by atoms with Gasteiger partial charge in [0.2, 0.25) is 10.0 Å². The Morgan fingerprint density at radius 1 is 0.943 bits per heavy atom. The third-order valence-electron chi connectivity index (χ3n) is 5.37. The zero-order chi connectivity index (χ0) is 26.0. The van der Waals surface area contributed by atoms with Gasteiger partial charge in [-0.15, -0.1) is 0 Å². The van der Waals surface area contributed by atoms with E-state index in [0.717, 1.165) is 12.1 Å². The van der Waals surface area contributed by atoms with Crippen LogP contribution in [0.3, 0.4) is 0 Å². The number of halogens is 2. The standard InChI is InChI=1S/C24H26ClFN2O5S2/c1-5-28(6-2)35(31,32)21-10-8-20(9-11-21)33-23-12-7-19(13-16(23)3)27-34(29,30)24-15-18(26)14-22(25)17(24)4/h7-15,27H,5-6H2,1-4H3. The van der Waals surface area contributed by atoms with Crippen molar-refractivity contribution in [2.75, 3.05) is 17.8 Å². The van der Waals surface area contributed by atoms with Crippen LogP contribution in [0, 0.1) is 19.7 Å². The lowest BCUT2D eigenvalue weighted by Crippen LogP contribution is -2.30. The van der Waals surface area contributed by atoms with Gasteiger partial charge in [-0.25, -0.2) is 21.2 Å². The van der Waals surface area contributed by atoms with E-state index in [9.17, 15) is 21.2 Å². The van der Waals surface area contributed by atoms with Crippen LogP contribution in [-0.4, -0.2) is 34.2 Å². The first-order chi connectivity index (χ1) is 16.4. The zero-order valence-electron chi connectivity index (χ0n) is 19.7. The molecule has 1 N–H and O–H groups in total. The third kappa shape index (κ3) is 5.95. The molecule has 0 aliphatic heterocycles. The fourth-order valence-corrected chi connectivity index (χ4v) is 6.51. The highest BCUT2D eigenvalue weighted by Crippen LogP contribution is 2.31. The summed E-state index contributed by atoms with van der Waals surface area (Å²) in [4.78, 5) is -0.0806. The van der Waals surface area contributed by atoms with E-state index in [4.69, 9.17) is 16.3 Å². The Kier molecular flexibility index (Phi) is 8.10. The first kappa shape index (κ1) is 26.9. The number of sulfonamides is 2. The van der Waals surface area contributed by atoms with E-state index < -0.39 is 25.9 Å². The number of nitrogens with zero attached hydrogens (tertiary/aromatic N) is 1. The van der Waals surface area contributed by atoms with Gasteiger partial charge in [0.05, 0.1) is 9.79 Å². The second kappa shape index (κ2) is 10.5. The number of benzene rings is 3. The molecule has 3 rings (SSSR count). The number of nitrogens with one attached hydrogen (secondary N) is 1. The average Bonchev–Trinajstić information content (AvgIpc) is 2.78. The maximum atomic E-state index is 13.7. The van der Waals surface area contributed by atoms with Crippen molar-refractivity contribution >= 4 is 37.3 Å². The summed E-state index contributed by atoms with van der Waals surface area (Å²) in [6.45, 7) is 7.53. The maximum absolute atomic E-state index is 13.7. The topological polar surface area (TPSA) is 92.8 Å². The molecule has 0 aliphatic carbocycles. The molecule has 0 spiro atoms. The number of hydrogen-bond donors (Lipinski definition) is 1. The van der Waals surface area contributed by atoms with Crippen molar-refractivity contribution in [3.8, 4) is 11.5 Å². The summed E-state index contributed by atoms with van der Waals surface area (Å²) in [6, 6.07) is 12.7. The molecule has 0 heterocycles. The largest absolute Gasteiger partial charge is 0.457 e. The van der Waals surface area contributed by atoms with Gasteiger partial charge in [0.15, 0.2) is 0 Å². The van der Waals surface area contributed by atoms with Crippen molar-refractivity contribution in [1.29, 1.82) is 0 Å². The number of aryl methyl sites for hydroxylation is 1. The molecule has 3 aromatic rings. The second-order valence-electron chi connectivity index (χ2n) is 7.76. The summed E-state index contributed by atoms with van der Waals surface area (Å²) in [5.41, 5.74) is 1.12. The van der Waals surface area contributed by atoms with E-state index in [2.05, 4.69) is 4.72 Å². The lowest BCUT2D eigenvalue weighted by Gasteiger charge is -2.18. The van der Waals surface area contributed by atoms with Crippen molar-refractivity contribution in [3.05, 3.63) is 76.6 Å². The highest BCUT2D eigenvalue weighted by molar-refractivity contribution is 7.92. The molecule has 3 aromatic carbocycles. The number of rotatable bonds is 9. The number of anilines is 1. The molecule has 0 saturated carbocycles. The minimum absolute atomic E-state index is 0.0150. The van der Waals surface area contributed by atoms with Gasteiger partial charge >= 0.3 is 0 Å². The molecule has 0 radical (unpaired) electrons. The van der Waals surface area contributed by atoms with Gasteiger partial charge in [0, 0.05) is 23.8 Å². The molecule has 0 aliphatic rings. The van der Waals surface area contributed by atoms with E-state index >= 15 is 0 Å². The monoisotopic (exact) mass is 540 g/mol. The summed E-state index contributed by atoms with van der Waals surface area (Å²) < 4.78 is 74.2.